The summed E-state index contributed by atoms with van der Waals surface area (Å²) in [5, 5.41) is 0. The Morgan fingerprint density at radius 2 is 1.94 bits per heavy atom. The monoisotopic (exact) mass is 255 g/mol. The van der Waals surface area contributed by atoms with Crippen molar-refractivity contribution >= 4 is 5.91 Å². The number of carbonyl (C=O) groups is 1. The Hall–Kier alpha value is -0.610. The summed E-state index contributed by atoms with van der Waals surface area (Å²) in [6.07, 6.45) is 6.08. The molecule has 0 bridgehead atoms. The van der Waals surface area contributed by atoms with Crippen molar-refractivity contribution in [1.29, 1.82) is 0 Å². The van der Waals surface area contributed by atoms with E-state index in [1.165, 1.54) is 25.7 Å². The van der Waals surface area contributed by atoms with Gasteiger partial charge in [-0.3, -0.25) is 9.69 Å². The molecule has 2 N–H and O–H groups in total. The van der Waals surface area contributed by atoms with Crippen LogP contribution < -0.4 is 5.73 Å². The summed E-state index contributed by atoms with van der Waals surface area (Å²) in [5.74, 6) is 0.769. The Labute approximate surface area is 111 Å². The maximum Gasteiger partial charge on any atom is 0.236 e. The van der Waals surface area contributed by atoms with Crippen molar-refractivity contribution < 1.29 is 4.79 Å². The molecule has 0 aromatic rings. The molecule has 2 atom stereocenters. The van der Waals surface area contributed by atoms with Crippen LogP contribution in [0.2, 0.25) is 0 Å². The highest BCUT2D eigenvalue weighted by Gasteiger charge is 2.30. The van der Waals surface area contributed by atoms with Gasteiger partial charge in [0.25, 0.3) is 0 Å². The van der Waals surface area contributed by atoms with Crippen LogP contribution in [0.3, 0.4) is 0 Å². The average Bonchev–Trinajstić information content (AvgIpc) is 2.38. The van der Waals surface area contributed by atoms with Gasteiger partial charge in [-0.25, -0.2) is 0 Å². The molecule has 0 aromatic carbocycles. The van der Waals surface area contributed by atoms with E-state index in [-0.39, 0.29) is 5.91 Å². The SMILES string of the molecule is CCCN(CC(=O)N(C)C)C1CCCCC1CN. The van der Waals surface area contributed by atoms with Crippen LogP contribution >= 0.6 is 0 Å². The van der Waals surface area contributed by atoms with Crippen LogP contribution in [0.4, 0.5) is 0 Å². The van der Waals surface area contributed by atoms with Crippen molar-refractivity contribution in [2.24, 2.45) is 11.7 Å². The van der Waals surface area contributed by atoms with Crippen LogP contribution in [0, 0.1) is 5.92 Å². The maximum atomic E-state index is 11.9. The Bertz CT molecular complexity index is 255. The number of hydrogen-bond acceptors (Lipinski definition) is 3. The van der Waals surface area contributed by atoms with E-state index < -0.39 is 0 Å². The Kier molecular flexibility index (Phi) is 6.65. The van der Waals surface area contributed by atoms with Gasteiger partial charge in [0.05, 0.1) is 6.54 Å². The van der Waals surface area contributed by atoms with Crippen LogP contribution in [0.25, 0.3) is 0 Å². The molecular weight excluding hydrogens is 226 g/mol. The molecule has 4 heteroatoms. The van der Waals surface area contributed by atoms with Crippen molar-refractivity contribution in [1.82, 2.24) is 9.80 Å². The van der Waals surface area contributed by atoms with Gasteiger partial charge in [-0.1, -0.05) is 19.8 Å². The molecule has 1 rings (SSSR count). The van der Waals surface area contributed by atoms with E-state index in [1.54, 1.807) is 4.90 Å². The predicted octanol–water partition coefficient (Wildman–Crippen LogP) is 1.30. The molecule has 1 aliphatic rings. The third kappa shape index (κ3) is 4.25. The van der Waals surface area contributed by atoms with Crippen LogP contribution in [-0.2, 0) is 4.79 Å². The lowest BCUT2D eigenvalue weighted by Gasteiger charge is -2.39. The summed E-state index contributed by atoms with van der Waals surface area (Å²) in [6.45, 7) is 4.47. The Morgan fingerprint density at radius 1 is 1.28 bits per heavy atom. The highest BCUT2D eigenvalue weighted by molar-refractivity contribution is 5.77. The first-order valence-corrected chi connectivity index (χ1v) is 7.24. The van der Waals surface area contributed by atoms with Crippen molar-refractivity contribution in [2.45, 2.75) is 45.1 Å². The summed E-state index contributed by atoms with van der Waals surface area (Å²) in [4.78, 5) is 16.0. The molecule has 106 valence electrons. The van der Waals surface area contributed by atoms with E-state index in [4.69, 9.17) is 5.73 Å². The first-order valence-electron chi connectivity index (χ1n) is 7.24. The van der Waals surface area contributed by atoms with Crippen LogP contribution in [0.1, 0.15) is 39.0 Å². The van der Waals surface area contributed by atoms with Crippen LogP contribution in [0.15, 0.2) is 0 Å². The Morgan fingerprint density at radius 3 is 2.50 bits per heavy atom. The van der Waals surface area contributed by atoms with Gasteiger partial charge in [0.1, 0.15) is 0 Å². The van der Waals surface area contributed by atoms with Crippen molar-refractivity contribution in [3.63, 3.8) is 0 Å². The second-order valence-corrected chi connectivity index (χ2v) is 5.61. The fraction of sp³-hybridized carbons (Fsp3) is 0.929. The zero-order valence-electron chi connectivity index (χ0n) is 12.2. The molecule has 0 heterocycles. The molecule has 0 aromatic heterocycles. The van der Waals surface area contributed by atoms with Gasteiger partial charge in [0.2, 0.25) is 5.91 Å². The third-order valence-corrected chi connectivity index (χ3v) is 3.99. The number of likely N-dealkylation sites (N-methyl/N-ethyl adjacent to an activating group) is 1. The third-order valence-electron chi connectivity index (χ3n) is 3.99. The van der Waals surface area contributed by atoms with Gasteiger partial charge in [0, 0.05) is 20.1 Å². The van der Waals surface area contributed by atoms with E-state index in [2.05, 4.69) is 11.8 Å². The molecule has 2 unspecified atom stereocenters. The molecule has 1 amide bonds. The van der Waals surface area contributed by atoms with E-state index in [9.17, 15) is 4.79 Å². The predicted molar refractivity (Wildman–Crippen MR) is 75.4 cm³/mol. The maximum absolute atomic E-state index is 11.9. The molecular formula is C14H29N3O. The number of rotatable bonds is 6. The van der Waals surface area contributed by atoms with Gasteiger partial charge in [0.15, 0.2) is 0 Å². The molecule has 0 spiro atoms. The van der Waals surface area contributed by atoms with Gasteiger partial charge >= 0.3 is 0 Å². The largest absolute Gasteiger partial charge is 0.348 e. The quantitative estimate of drug-likeness (QED) is 0.778. The summed E-state index contributed by atoms with van der Waals surface area (Å²) in [5.41, 5.74) is 5.90. The lowest BCUT2D eigenvalue weighted by molar-refractivity contribution is -0.131. The summed E-state index contributed by atoms with van der Waals surface area (Å²) >= 11 is 0. The second-order valence-electron chi connectivity index (χ2n) is 5.61. The van der Waals surface area contributed by atoms with Crippen molar-refractivity contribution in [2.75, 3.05) is 33.7 Å². The number of nitrogens with zero attached hydrogens (tertiary/aromatic N) is 2. The topological polar surface area (TPSA) is 49.6 Å². The number of amides is 1. The zero-order chi connectivity index (χ0) is 13.5. The van der Waals surface area contributed by atoms with Crippen LogP contribution in [0.5, 0.6) is 0 Å². The van der Waals surface area contributed by atoms with Gasteiger partial charge in [-0.05, 0) is 38.3 Å². The van der Waals surface area contributed by atoms with E-state index in [1.807, 2.05) is 14.1 Å². The number of carbonyl (C=O) groups excluding carboxylic acids is 1. The van der Waals surface area contributed by atoms with E-state index >= 15 is 0 Å². The lowest BCUT2D eigenvalue weighted by atomic mass is 9.83. The smallest absolute Gasteiger partial charge is 0.236 e. The highest BCUT2D eigenvalue weighted by Crippen LogP contribution is 2.28. The normalized spacial score (nSPS) is 24.3. The molecule has 1 aliphatic carbocycles. The molecule has 18 heavy (non-hydrogen) atoms. The van der Waals surface area contributed by atoms with Crippen LogP contribution in [-0.4, -0.2) is 55.5 Å². The first kappa shape index (κ1) is 15.4. The number of nitrogens with two attached hydrogens (primary N) is 1. The standard InChI is InChI=1S/C14H29N3O/c1-4-9-17(11-14(18)16(2)3)13-8-6-5-7-12(13)10-15/h12-13H,4-11,15H2,1-3H3. The van der Waals surface area contributed by atoms with Gasteiger partial charge in [-0.2, -0.15) is 0 Å². The van der Waals surface area contributed by atoms with Crippen molar-refractivity contribution in [3.05, 3.63) is 0 Å². The average molecular weight is 255 g/mol. The fourth-order valence-corrected chi connectivity index (χ4v) is 2.91. The molecule has 0 radical (unpaired) electrons. The van der Waals surface area contributed by atoms with E-state index in [0.717, 1.165) is 19.5 Å². The molecule has 4 nitrogen and oxygen atoms in total. The minimum atomic E-state index is 0.199. The van der Waals surface area contributed by atoms with E-state index in [0.29, 0.717) is 18.5 Å². The minimum Gasteiger partial charge on any atom is -0.348 e. The lowest BCUT2D eigenvalue weighted by Crippen LogP contribution is -2.49. The zero-order valence-corrected chi connectivity index (χ0v) is 12.2. The summed E-state index contributed by atoms with van der Waals surface area (Å²) < 4.78 is 0. The molecule has 0 aliphatic heterocycles. The molecule has 1 saturated carbocycles. The second kappa shape index (κ2) is 7.74. The van der Waals surface area contributed by atoms with Gasteiger partial charge < -0.3 is 10.6 Å². The summed E-state index contributed by atoms with van der Waals surface area (Å²) in [6, 6.07) is 0.507. The number of hydrogen-bond donors (Lipinski definition) is 1. The summed E-state index contributed by atoms with van der Waals surface area (Å²) in [7, 11) is 3.65. The fourth-order valence-electron chi connectivity index (χ4n) is 2.91. The van der Waals surface area contributed by atoms with Gasteiger partial charge in [-0.15, -0.1) is 0 Å². The Balaban J connectivity index is 2.66. The molecule has 0 saturated heterocycles. The molecule has 1 fully saturated rings. The minimum absolute atomic E-state index is 0.199. The first-order chi connectivity index (χ1) is 8.60. The highest BCUT2D eigenvalue weighted by atomic mass is 16.2. The van der Waals surface area contributed by atoms with Crippen molar-refractivity contribution in [3.8, 4) is 0 Å².